The molecule has 0 aliphatic heterocycles. The van der Waals surface area contributed by atoms with Gasteiger partial charge in [0.2, 0.25) is 5.95 Å². The summed E-state index contributed by atoms with van der Waals surface area (Å²) in [5, 5.41) is 3.21. The Labute approximate surface area is 101 Å². The van der Waals surface area contributed by atoms with E-state index < -0.39 is 0 Å². The Morgan fingerprint density at radius 3 is 3.06 bits per heavy atom. The molecular weight excluding hydrogens is 218 g/mol. The summed E-state index contributed by atoms with van der Waals surface area (Å²) in [5.41, 5.74) is 3.42. The molecule has 17 heavy (non-hydrogen) atoms. The summed E-state index contributed by atoms with van der Waals surface area (Å²) in [6.07, 6.45) is 4.38. The van der Waals surface area contributed by atoms with Crippen LogP contribution in [0, 0.1) is 12.8 Å². The summed E-state index contributed by atoms with van der Waals surface area (Å²) in [6.45, 7) is 4.29. The first-order valence-corrected chi connectivity index (χ1v) is 5.91. The molecule has 1 aliphatic rings. The number of nitrogens with two attached hydrogens (primary N) is 1. The van der Waals surface area contributed by atoms with Gasteiger partial charge in [0.25, 0.3) is 0 Å². The van der Waals surface area contributed by atoms with Crippen molar-refractivity contribution in [3.8, 4) is 0 Å². The van der Waals surface area contributed by atoms with Crippen molar-refractivity contribution < 1.29 is 4.74 Å². The van der Waals surface area contributed by atoms with Crippen molar-refractivity contribution in [2.45, 2.75) is 19.8 Å². The van der Waals surface area contributed by atoms with Gasteiger partial charge < -0.3 is 10.1 Å². The van der Waals surface area contributed by atoms with Crippen LogP contribution < -0.4 is 16.6 Å². The van der Waals surface area contributed by atoms with Crippen molar-refractivity contribution in [1.82, 2.24) is 9.97 Å². The van der Waals surface area contributed by atoms with Crippen LogP contribution in [-0.4, -0.2) is 29.7 Å². The van der Waals surface area contributed by atoms with E-state index in [2.05, 4.69) is 20.7 Å². The Morgan fingerprint density at radius 2 is 2.35 bits per heavy atom. The van der Waals surface area contributed by atoms with Crippen LogP contribution in [0.3, 0.4) is 0 Å². The molecule has 0 saturated heterocycles. The Bertz CT molecular complexity index is 367. The highest BCUT2D eigenvalue weighted by atomic mass is 16.5. The molecule has 1 heterocycles. The van der Waals surface area contributed by atoms with E-state index >= 15 is 0 Å². The number of hydrogen-bond acceptors (Lipinski definition) is 6. The van der Waals surface area contributed by atoms with Crippen LogP contribution in [0.4, 0.5) is 11.8 Å². The number of hydrogen-bond donors (Lipinski definition) is 3. The number of aryl methyl sites for hydroxylation is 1. The minimum absolute atomic E-state index is 0.414. The second-order valence-corrected chi connectivity index (χ2v) is 4.31. The average molecular weight is 237 g/mol. The molecule has 4 N–H and O–H groups in total. The molecule has 1 aromatic rings. The molecule has 1 aliphatic carbocycles. The van der Waals surface area contributed by atoms with Gasteiger partial charge >= 0.3 is 0 Å². The summed E-state index contributed by atoms with van der Waals surface area (Å²) >= 11 is 0. The van der Waals surface area contributed by atoms with Crippen LogP contribution in [0.2, 0.25) is 0 Å². The zero-order chi connectivity index (χ0) is 12.1. The fourth-order valence-electron chi connectivity index (χ4n) is 1.47. The van der Waals surface area contributed by atoms with Crippen LogP contribution in [0.1, 0.15) is 18.4 Å². The van der Waals surface area contributed by atoms with E-state index in [1.165, 1.54) is 12.8 Å². The van der Waals surface area contributed by atoms with Crippen LogP contribution in [-0.2, 0) is 4.74 Å². The third kappa shape index (κ3) is 3.83. The van der Waals surface area contributed by atoms with Crippen molar-refractivity contribution in [2.24, 2.45) is 11.8 Å². The summed E-state index contributed by atoms with van der Waals surface area (Å²) in [7, 11) is 0. The highest BCUT2D eigenvalue weighted by Gasteiger charge is 2.20. The Hall–Kier alpha value is -1.40. The van der Waals surface area contributed by atoms with Crippen molar-refractivity contribution >= 4 is 11.8 Å². The van der Waals surface area contributed by atoms with Gasteiger partial charge in [0.1, 0.15) is 5.82 Å². The predicted molar refractivity (Wildman–Crippen MR) is 66.6 cm³/mol. The van der Waals surface area contributed by atoms with Crippen molar-refractivity contribution in [1.29, 1.82) is 0 Å². The molecule has 0 radical (unpaired) electrons. The fraction of sp³-hybridized carbons (Fsp3) is 0.636. The maximum Gasteiger partial charge on any atom is 0.239 e. The quantitative estimate of drug-likeness (QED) is 0.371. The highest BCUT2D eigenvalue weighted by molar-refractivity contribution is 5.45. The molecule has 94 valence electrons. The van der Waals surface area contributed by atoms with Gasteiger partial charge in [-0.05, 0) is 25.7 Å². The lowest BCUT2D eigenvalue weighted by Gasteiger charge is -2.09. The van der Waals surface area contributed by atoms with Crippen molar-refractivity contribution in [2.75, 3.05) is 30.5 Å². The predicted octanol–water partition coefficient (Wildman–Crippen LogP) is 0.909. The normalized spacial score (nSPS) is 14.7. The first-order chi connectivity index (χ1) is 8.29. The number of nitrogens with one attached hydrogen (secondary N) is 2. The van der Waals surface area contributed by atoms with E-state index in [1.807, 2.05) is 6.92 Å². The van der Waals surface area contributed by atoms with Gasteiger partial charge in [-0.1, -0.05) is 0 Å². The zero-order valence-corrected chi connectivity index (χ0v) is 10.1. The molecular formula is C11H19N5O. The molecule has 0 spiro atoms. The third-order valence-electron chi connectivity index (χ3n) is 2.69. The molecule has 0 aromatic carbocycles. The topological polar surface area (TPSA) is 85.1 Å². The van der Waals surface area contributed by atoms with Gasteiger partial charge in [-0.2, -0.15) is 4.98 Å². The standard InChI is InChI=1S/C11H19N5O/c1-8-6-14-11(16-12)15-10(8)13-4-5-17-7-9-2-3-9/h6,9H,2-5,7,12H2,1H3,(H2,13,14,15,16). The molecule has 0 unspecified atom stereocenters. The van der Waals surface area contributed by atoms with Gasteiger partial charge in [-0.15, -0.1) is 0 Å². The lowest BCUT2D eigenvalue weighted by atomic mass is 10.3. The van der Waals surface area contributed by atoms with Crippen LogP contribution in [0.15, 0.2) is 6.20 Å². The number of nitrogens with zero attached hydrogens (tertiary/aromatic N) is 2. The zero-order valence-electron chi connectivity index (χ0n) is 10.1. The fourth-order valence-corrected chi connectivity index (χ4v) is 1.47. The van der Waals surface area contributed by atoms with Crippen molar-refractivity contribution in [3.05, 3.63) is 11.8 Å². The summed E-state index contributed by atoms with van der Waals surface area (Å²) in [5.74, 6) is 7.28. The number of ether oxygens (including phenoxy) is 1. The van der Waals surface area contributed by atoms with Crippen molar-refractivity contribution in [3.63, 3.8) is 0 Å². The average Bonchev–Trinajstić information content (AvgIpc) is 3.15. The minimum atomic E-state index is 0.414. The monoisotopic (exact) mass is 237 g/mol. The SMILES string of the molecule is Cc1cnc(NN)nc1NCCOCC1CC1. The lowest BCUT2D eigenvalue weighted by molar-refractivity contribution is 0.134. The molecule has 0 amide bonds. The van der Waals surface area contributed by atoms with Crippen LogP contribution in [0.25, 0.3) is 0 Å². The molecule has 6 heteroatoms. The Kier molecular flexibility index (Phi) is 4.11. The molecule has 0 atom stereocenters. The first-order valence-electron chi connectivity index (χ1n) is 5.91. The molecule has 0 bridgehead atoms. The largest absolute Gasteiger partial charge is 0.379 e. The second-order valence-electron chi connectivity index (χ2n) is 4.31. The third-order valence-corrected chi connectivity index (χ3v) is 2.69. The van der Waals surface area contributed by atoms with Gasteiger partial charge in [0, 0.05) is 24.9 Å². The van der Waals surface area contributed by atoms with E-state index in [-0.39, 0.29) is 0 Å². The Morgan fingerprint density at radius 1 is 1.53 bits per heavy atom. The van der Waals surface area contributed by atoms with E-state index in [0.717, 1.165) is 30.5 Å². The molecule has 1 aromatic heterocycles. The molecule has 2 rings (SSSR count). The first kappa shape index (κ1) is 12.1. The smallest absolute Gasteiger partial charge is 0.239 e. The number of hydrazine groups is 1. The second kappa shape index (κ2) is 5.79. The number of aromatic nitrogens is 2. The van der Waals surface area contributed by atoms with Gasteiger partial charge in [-0.25, -0.2) is 10.8 Å². The minimum Gasteiger partial charge on any atom is -0.379 e. The molecule has 1 saturated carbocycles. The number of nitrogen functional groups attached to an aromatic ring is 1. The van der Waals surface area contributed by atoms with E-state index in [9.17, 15) is 0 Å². The Balaban J connectivity index is 1.72. The summed E-state index contributed by atoms with van der Waals surface area (Å²) < 4.78 is 5.53. The summed E-state index contributed by atoms with van der Waals surface area (Å²) in [4.78, 5) is 8.24. The number of anilines is 2. The summed E-state index contributed by atoms with van der Waals surface area (Å²) in [6, 6.07) is 0. The van der Waals surface area contributed by atoms with Gasteiger partial charge in [-0.3, -0.25) is 5.43 Å². The maximum atomic E-state index is 5.53. The van der Waals surface area contributed by atoms with Gasteiger partial charge in [0.15, 0.2) is 0 Å². The number of rotatable bonds is 7. The van der Waals surface area contributed by atoms with Gasteiger partial charge in [0.05, 0.1) is 6.61 Å². The highest BCUT2D eigenvalue weighted by Crippen LogP contribution is 2.28. The van der Waals surface area contributed by atoms with Crippen LogP contribution >= 0.6 is 0 Å². The van der Waals surface area contributed by atoms with Crippen LogP contribution in [0.5, 0.6) is 0 Å². The van der Waals surface area contributed by atoms with E-state index in [4.69, 9.17) is 10.6 Å². The van der Waals surface area contributed by atoms with E-state index in [1.54, 1.807) is 6.20 Å². The molecule has 1 fully saturated rings. The maximum absolute atomic E-state index is 5.53. The lowest BCUT2D eigenvalue weighted by Crippen LogP contribution is -2.15. The molecule has 6 nitrogen and oxygen atoms in total. The van der Waals surface area contributed by atoms with E-state index in [0.29, 0.717) is 12.6 Å².